The molecule has 2 aliphatic rings. The fraction of sp³-hybridized carbons (Fsp3) is 0.846. The Labute approximate surface area is 87.5 Å². The molecule has 1 saturated carbocycles. The minimum atomic E-state index is -0.0286. The molecule has 0 unspecified atom stereocenters. The minimum absolute atomic E-state index is 0.0286. The van der Waals surface area contributed by atoms with Gasteiger partial charge in [0.25, 0.3) is 0 Å². The van der Waals surface area contributed by atoms with Gasteiger partial charge in [-0.1, -0.05) is 44.3 Å². The monoisotopic (exact) mass is 194 g/mol. The molecule has 0 bridgehead atoms. The normalized spacial score (nSPS) is 30.1. The second kappa shape index (κ2) is 3.69. The van der Waals surface area contributed by atoms with E-state index >= 15 is 0 Å². The van der Waals surface area contributed by atoms with Gasteiger partial charge in [0, 0.05) is 0 Å². The van der Waals surface area contributed by atoms with Gasteiger partial charge >= 0.3 is 0 Å². The quantitative estimate of drug-likeness (QED) is 0.532. The summed E-state index contributed by atoms with van der Waals surface area (Å²) in [5.41, 5.74) is 0.0725. The van der Waals surface area contributed by atoms with Crippen molar-refractivity contribution in [2.45, 2.75) is 70.0 Å². The van der Waals surface area contributed by atoms with Crippen molar-refractivity contribution >= 4 is 0 Å². The summed E-state index contributed by atoms with van der Waals surface area (Å²) in [6, 6.07) is 0. The SMILES string of the molecule is CC1(C)C=CC2(CCCCCCC2)O1. The fourth-order valence-corrected chi connectivity index (χ4v) is 2.72. The molecule has 2 rings (SSSR count). The maximum absolute atomic E-state index is 6.20. The topological polar surface area (TPSA) is 9.23 Å². The number of rotatable bonds is 0. The first-order valence-corrected chi connectivity index (χ1v) is 6.03. The highest BCUT2D eigenvalue weighted by molar-refractivity contribution is 5.15. The Morgan fingerprint density at radius 1 is 0.857 bits per heavy atom. The first kappa shape index (κ1) is 10.2. The molecule has 14 heavy (non-hydrogen) atoms. The van der Waals surface area contributed by atoms with Crippen molar-refractivity contribution in [2.75, 3.05) is 0 Å². The van der Waals surface area contributed by atoms with Crippen LogP contribution in [0.25, 0.3) is 0 Å². The van der Waals surface area contributed by atoms with E-state index < -0.39 is 0 Å². The zero-order valence-corrected chi connectivity index (χ0v) is 9.51. The molecule has 80 valence electrons. The second-order valence-corrected chi connectivity index (χ2v) is 5.37. The molecule has 0 aromatic heterocycles. The van der Waals surface area contributed by atoms with E-state index in [1.54, 1.807) is 0 Å². The summed E-state index contributed by atoms with van der Waals surface area (Å²) in [6.07, 6.45) is 13.9. The molecule has 1 aliphatic heterocycles. The lowest BCUT2D eigenvalue weighted by atomic mass is 9.87. The van der Waals surface area contributed by atoms with Gasteiger partial charge in [0.05, 0.1) is 11.2 Å². The van der Waals surface area contributed by atoms with Gasteiger partial charge in [0.1, 0.15) is 0 Å². The Kier molecular flexibility index (Phi) is 2.70. The van der Waals surface area contributed by atoms with Crippen molar-refractivity contribution < 1.29 is 4.74 Å². The molecule has 0 aromatic rings. The van der Waals surface area contributed by atoms with E-state index in [9.17, 15) is 0 Å². The maximum Gasteiger partial charge on any atom is 0.0875 e. The van der Waals surface area contributed by atoms with Gasteiger partial charge in [-0.15, -0.1) is 0 Å². The minimum Gasteiger partial charge on any atom is -0.361 e. The number of hydrogen-bond donors (Lipinski definition) is 0. The average Bonchev–Trinajstić information content (AvgIpc) is 2.37. The van der Waals surface area contributed by atoms with E-state index in [1.807, 2.05) is 0 Å². The summed E-state index contributed by atoms with van der Waals surface area (Å²) in [4.78, 5) is 0. The predicted octanol–water partition coefficient (Wildman–Crippen LogP) is 3.83. The lowest BCUT2D eigenvalue weighted by molar-refractivity contribution is -0.0816. The summed E-state index contributed by atoms with van der Waals surface area (Å²) >= 11 is 0. The zero-order valence-electron chi connectivity index (χ0n) is 9.51. The van der Waals surface area contributed by atoms with E-state index in [1.165, 1.54) is 44.9 Å². The van der Waals surface area contributed by atoms with Gasteiger partial charge in [-0.05, 0) is 26.7 Å². The summed E-state index contributed by atoms with van der Waals surface area (Å²) in [6.45, 7) is 4.33. The van der Waals surface area contributed by atoms with Crippen molar-refractivity contribution in [3.63, 3.8) is 0 Å². The molecule has 0 aromatic carbocycles. The molecule has 1 heterocycles. The molecular formula is C13H22O. The third-order valence-corrected chi connectivity index (χ3v) is 3.45. The number of ether oxygens (including phenoxy) is 1. The first-order chi connectivity index (χ1) is 6.62. The maximum atomic E-state index is 6.20. The van der Waals surface area contributed by atoms with Crippen molar-refractivity contribution in [3.8, 4) is 0 Å². The van der Waals surface area contributed by atoms with Gasteiger partial charge in [-0.3, -0.25) is 0 Å². The van der Waals surface area contributed by atoms with Gasteiger partial charge in [0.15, 0.2) is 0 Å². The van der Waals surface area contributed by atoms with Crippen LogP contribution in [0.3, 0.4) is 0 Å². The predicted molar refractivity (Wildman–Crippen MR) is 59.4 cm³/mol. The Balaban J connectivity index is 2.04. The molecule has 1 nitrogen and oxygen atoms in total. The van der Waals surface area contributed by atoms with E-state index in [0.29, 0.717) is 0 Å². The Morgan fingerprint density at radius 2 is 1.43 bits per heavy atom. The zero-order chi connectivity index (χ0) is 10.1. The van der Waals surface area contributed by atoms with Crippen LogP contribution in [0.1, 0.15) is 58.8 Å². The molecule has 1 aliphatic carbocycles. The third-order valence-electron chi connectivity index (χ3n) is 3.45. The van der Waals surface area contributed by atoms with Crippen LogP contribution in [0.5, 0.6) is 0 Å². The molecule has 0 saturated heterocycles. The Hall–Kier alpha value is -0.300. The average molecular weight is 194 g/mol. The van der Waals surface area contributed by atoms with Crippen LogP contribution in [0.4, 0.5) is 0 Å². The van der Waals surface area contributed by atoms with Crippen molar-refractivity contribution in [1.82, 2.24) is 0 Å². The third kappa shape index (κ3) is 2.20. The summed E-state index contributed by atoms with van der Waals surface area (Å²) in [7, 11) is 0. The van der Waals surface area contributed by atoms with Gasteiger partial charge < -0.3 is 4.74 Å². The largest absolute Gasteiger partial charge is 0.361 e. The highest BCUT2D eigenvalue weighted by Gasteiger charge is 2.38. The second-order valence-electron chi connectivity index (χ2n) is 5.37. The Bertz CT molecular complexity index is 219. The molecular weight excluding hydrogens is 172 g/mol. The van der Waals surface area contributed by atoms with Gasteiger partial charge in [0.2, 0.25) is 0 Å². The van der Waals surface area contributed by atoms with Crippen LogP contribution in [-0.2, 0) is 4.74 Å². The fourth-order valence-electron chi connectivity index (χ4n) is 2.72. The summed E-state index contributed by atoms with van der Waals surface area (Å²) < 4.78 is 6.20. The van der Waals surface area contributed by atoms with E-state index in [0.717, 1.165) is 0 Å². The number of hydrogen-bond acceptors (Lipinski definition) is 1. The van der Waals surface area contributed by atoms with Crippen molar-refractivity contribution in [2.24, 2.45) is 0 Å². The lowest BCUT2D eigenvalue weighted by Gasteiger charge is -2.33. The molecule has 0 N–H and O–H groups in total. The van der Waals surface area contributed by atoms with Gasteiger partial charge in [-0.2, -0.15) is 0 Å². The van der Waals surface area contributed by atoms with Gasteiger partial charge in [-0.25, -0.2) is 0 Å². The highest BCUT2D eigenvalue weighted by atomic mass is 16.5. The molecule has 1 spiro atoms. The molecule has 0 radical (unpaired) electrons. The van der Waals surface area contributed by atoms with Crippen LogP contribution < -0.4 is 0 Å². The van der Waals surface area contributed by atoms with Crippen LogP contribution in [0.2, 0.25) is 0 Å². The van der Waals surface area contributed by atoms with Crippen molar-refractivity contribution in [1.29, 1.82) is 0 Å². The molecule has 1 fully saturated rings. The van der Waals surface area contributed by atoms with Crippen LogP contribution in [0.15, 0.2) is 12.2 Å². The first-order valence-electron chi connectivity index (χ1n) is 6.03. The van der Waals surface area contributed by atoms with Crippen LogP contribution in [0, 0.1) is 0 Å². The van der Waals surface area contributed by atoms with Crippen LogP contribution >= 0.6 is 0 Å². The summed E-state index contributed by atoms with van der Waals surface area (Å²) in [5.74, 6) is 0. The molecule has 1 heteroatoms. The summed E-state index contributed by atoms with van der Waals surface area (Å²) in [5, 5.41) is 0. The molecule has 0 atom stereocenters. The highest BCUT2D eigenvalue weighted by Crippen LogP contribution is 2.39. The molecule has 0 amide bonds. The Morgan fingerprint density at radius 3 is 1.93 bits per heavy atom. The van der Waals surface area contributed by atoms with E-state index in [-0.39, 0.29) is 11.2 Å². The van der Waals surface area contributed by atoms with E-state index in [2.05, 4.69) is 26.0 Å². The smallest absolute Gasteiger partial charge is 0.0875 e. The lowest BCUT2D eigenvalue weighted by Crippen LogP contribution is -2.33. The van der Waals surface area contributed by atoms with Crippen molar-refractivity contribution in [3.05, 3.63) is 12.2 Å². The standard InChI is InChI=1S/C13H22O/c1-12(2)10-11-13(14-12)8-6-4-3-5-7-9-13/h10-11H,3-9H2,1-2H3. The van der Waals surface area contributed by atoms with Crippen LogP contribution in [-0.4, -0.2) is 11.2 Å². The van der Waals surface area contributed by atoms with E-state index in [4.69, 9.17) is 4.74 Å².